The molecule has 4 rings (SSSR count). The van der Waals surface area contributed by atoms with Crippen LogP contribution in [-0.2, 0) is 6.54 Å². The molecule has 0 atom stereocenters. The van der Waals surface area contributed by atoms with Crippen molar-refractivity contribution in [2.45, 2.75) is 20.4 Å². The second-order valence-corrected chi connectivity index (χ2v) is 7.54. The summed E-state index contributed by atoms with van der Waals surface area (Å²) in [6.07, 6.45) is 1.64. The minimum Gasteiger partial charge on any atom is -0.395 e. The van der Waals surface area contributed by atoms with Crippen LogP contribution in [0.1, 0.15) is 27.4 Å². The van der Waals surface area contributed by atoms with Crippen LogP contribution in [0.4, 0.5) is 11.0 Å². The van der Waals surface area contributed by atoms with Crippen molar-refractivity contribution in [1.29, 1.82) is 0 Å². The SMILES string of the molecule is Cc1cc(C)c2nc(N(Cc3ccccn3)C(=O)c3ccc([N+](=O)[O-])o3)sc2c1. The third-order valence-electron chi connectivity index (χ3n) is 4.32. The Kier molecular flexibility index (Phi) is 4.81. The lowest BCUT2D eigenvalue weighted by molar-refractivity contribution is -0.402. The highest BCUT2D eigenvalue weighted by Gasteiger charge is 2.27. The summed E-state index contributed by atoms with van der Waals surface area (Å²) in [6.45, 7) is 4.14. The van der Waals surface area contributed by atoms with E-state index in [4.69, 9.17) is 4.42 Å². The number of carbonyl (C=O) groups excluding carboxylic acids is 1. The monoisotopic (exact) mass is 408 g/mol. The van der Waals surface area contributed by atoms with E-state index in [1.807, 2.05) is 32.0 Å². The van der Waals surface area contributed by atoms with Gasteiger partial charge in [0.05, 0.1) is 28.5 Å². The zero-order valence-electron chi connectivity index (χ0n) is 15.7. The molecule has 0 fully saturated rings. The second kappa shape index (κ2) is 7.44. The van der Waals surface area contributed by atoms with Crippen LogP contribution in [0.15, 0.2) is 53.1 Å². The van der Waals surface area contributed by atoms with Crippen molar-refractivity contribution in [2.75, 3.05) is 4.90 Å². The fourth-order valence-corrected chi connectivity index (χ4v) is 4.17. The second-order valence-electron chi connectivity index (χ2n) is 6.53. The maximum atomic E-state index is 13.2. The van der Waals surface area contributed by atoms with Gasteiger partial charge in [0.1, 0.15) is 4.92 Å². The third-order valence-corrected chi connectivity index (χ3v) is 5.35. The van der Waals surface area contributed by atoms with Gasteiger partial charge in [0.15, 0.2) is 10.9 Å². The Morgan fingerprint density at radius 2 is 2.07 bits per heavy atom. The average Bonchev–Trinajstić information content (AvgIpc) is 3.34. The van der Waals surface area contributed by atoms with Crippen molar-refractivity contribution in [2.24, 2.45) is 0 Å². The fraction of sp³-hybridized carbons (Fsp3) is 0.150. The van der Waals surface area contributed by atoms with Crippen LogP contribution >= 0.6 is 11.3 Å². The Morgan fingerprint density at radius 3 is 2.76 bits per heavy atom. The molecule has 3 aromatic heterocycles. The van der Waals surface area contributed by atoms with Crippen LogP contribution in [0.5, 0.6) is 0 Å². The molecule has 0 saturated heterocycles. The van der Waals surface area contributed by atoms with E-state index in [0.29, 0.717) is 10.8 Å². The van der Waals surface area contributed by atoms with Crippen molar-refractivity contribution in [1.82, 2.24) is 9.97 Å². The molecule has 0 saturated carbocycles. The highest BCUT2D eigenvalue weighted by Crippen LogP contribution is 2.33. The predicted octanol–water partition coefficient (Wildman–Crippen LogP) is 4.66. The highest BCUT2D eigenvalue weighted by atomic mass is 32.1. The summed E-state index contributed by atoms with van der Waals surface area (Å²) in [5.74, 6) is -1.13. The van der Waals surface area contributed by atoms with Gasteiger partial charge in [0, 0.05) is 6.20 Å². The molecule has 0 N–H and O–H groups in total. The van der Waals surface area contributed by atoms with Crippen LogP contribution < -0.4 is 4.90 Å². The van der Waals surface area contributed by atoms with Gasteiger partial charge in [0.25, 0.3) is 5.91 Å². The standard InChI is InChI=1S/C20H16N4O4S/c1-12-9-13(2)18-16(10-12)29-20(22-18)23(11-14-5-3-4-8-21-14)19(25)15-6-7-17(28-15)24(26)27/h3-10H,11H2,1-2H3. The van der Waals surface area contributed by atoms with Crippen molar-refractivity contribution in [3.63, 3.8) is 0 Å². The lowest BCUT2D eigenvalue weighted by Gasteiger charge is -2.18. The minimum atomic E-state index is -0.677. The van der Waals surface area contributed by atoms with Gasteiger partial charge in [-0.3, -0.25) is 24.8 Å². The van der Waals surface area contributed by atoms with Crippen molar-refractivity contribution < 1.29 is 14.1 Å². The van der Waals surface area contributed by atoms with E-state index < -0.39 is 16.7 Å². The van der Waals surface area contributed by atoms with Gasteiger partial charge in [-0.05, 0) is 49.2 Å². The number of hydrogen-bond acceptors (Lipinski definition) is 7. The molecule has 0 bridgehead atoms. The Bertz CT molecular complexity index is 1220. The summed E-state index contributed by atoms with van der Waals surface area (Å²) in [5, 5.41) is 11.4. The summed E-state index contributed by atoms with van der Waals surface area (Å²) in [4.78, 5) is 33.8. The lowest BCUT2D eigenvalue weighted by atomic mass is 10.1. The summed E-state index contributed by atoms with van der Waals surface area (Å²) >= 11 is 1.38. The largest absolute Gasteiger partial charge is 0.433 e. The number of pyridine rings is 1. The normalized spacial score (nSPS) is 11.0. The first-order valence-corrected chi connectivity index (χ1v) is 9.58. The van der Waals surface area contributed by atoms with Gasteiger partial charge in [-0.15, -0.1) is 0 Å². The first-order chi connectivity index (χ1) is 13.9. The number of fused-ring (bicyclic) bond motifs is 1. The van der Waals surface area contributed by atoms with Crippen molar-refractivity contribution in [3.8, 4) is 0 Å². The topological polar surface area (TPSA) is 102 Å². The Hall–Kier alpha value is -3.59. The first kappa shape index (κ1) is 18.8. The molecule has 146 valence electrons. The number of nitrogens with zero attached hydrogens (tertiary/aromatic N) is 4. The van der Waals surface area contributed by atoms with E-state index in [1.54, 1.807) is 18.3 Å². The number of aryl methyl sites for hydroxylation is 2. The third kappa shape index (κ3) is 3.72. The molecule has 0 radical (unpaired) electrons. The molecule has 0 aliphatic carbocycles. The number of carbonyl (C=O) groups is 1. The van der Waals surface area contributed by atoms with Crippen molar-refractivity contribution in [3.05, 3.63) is 81.4 Å². The van der Waals surface area contributed by atoms with E-state index in [-0.39, 0.29) is 12.3 Å². The van der Waals surface area contributed by atoms with Gasteiger partial charge in [-0.1, -0.05) is 23.5 Å². The molecule has 9 heteroatoms. The van der Waals surface area contributed by atoms with Gasteiger partial charge in [-0.2, -0.15) is 0 Å². The minimum absolute atomic E-state index is 0.125. The number of thiazole rings is 1. The Morgan fingerprint density at radius 1 is 1.24 bits per heavy atom. The summed E-state index contributed by atoms with van der Waals surface area (Å²) in [5.41, 5.74) is 3.60. The number of hydrogen-bond donors (Lipinski definition) is 0. The fourth-order valence-electron chi connectivity index (χ4n) is 3.03. The van der Waals surface area contributed by atoms with Crippen LogP contribution in [0.25, 0.3) is 10.2 Å². The number of furan rings is 1. The first-order valence-electron chi connectivity index (χ1n) is 8.76. The zero-order valence-corrected chi connectivity index (χ0v) is 16.5. The zero-order chi connectivity index (χ0) is 20.5. The number of nitro groups is 1. The quantitative estimate of drug-likeness (QED) is 0.352. The Balaban J connectivity index is 1.78. The molecule has 0 spiro atoms. The smallest absolute Gasteiger partial charge is 0.395 e. The molecule has 0 aliphatic rings. The summed E-state index contributed by atoms with van der Waals surface area (Å²) in [6, 6.07) is 11.9. The average molecular weight is 408 g/mol. The molecule has 3 heterocycles. The lowest BCUT2D eigenvalue weighted by Crippen LogP contribution is -2.30. The van der Waals surface area contributed by atoms with E-state index in [9.17, 15) is 14.9 Å². The molecule has 0 unspecified atom stereocenters. The summed E-state index contributed by atoms with van der Waals surface area (Å²) < 4.78 is 6.09. The van der Waals surface area contributed by atoms with E-state index in [2.05, 4.69) is 9.97 Å². The number of benzene rings is 1. The Labute approximate surface area is 169 Å². The number of aromatic nitrogens is 2. The molecule has 4 aromatic rings. The summed E-state index contributed by atoms with van der Waals surface area (Å²) in [7, 11) is 0. The van der Waals surface area contributed by atoms with Crippen LogP contribution in [-0.4, -0.2) is 20.8 Å². The maximum absolute atomic E-state index is 13.2. The highest BCUT2D eigenvalue weighted by molar-refractivity contribution is 7.22. The van der Waals surface area contributed by atoms with Crippen LogP contribution in [0.3, 0.4) is 0 Å². The molecule has 29 heavy (non-hydrogen) atoms. The van der Waals surface area contributed by atoms with E-state index >= 15 is 0 Å². The predicted molar refractivity (Wildman–Crippen MR) is 109 cm³/mol. The molecule has 0 aliphatic heterocycles. The molecule has 8 nitrogen and oxygen atoms in total. The van der Waals surface area contributed by atoms with Gasteiger partial charge < -0.3 is 4.42 Å². The molecular formula is C20H16N4O4S. The van der Waals surface area contributed by atoms with Crippen LogP contribution in [0, 0.1) is 24.0 Å². The molecule has 1 aromatic carbocycles. The number of amides is 1. The molecular weight excluding hydrogens is 392 g/mol. The van der Waals surface area contributed by atoms with Gasteiger partial charge in [0.2, 0.25) is 0 Å². The number of rotatable bonds is 5. The van der Waals surface area contributed by atoms with Gasteiger partial charge in [-0.25, -0.2) is 4.98 Å². The molecule has 1 amide bonds. The number of anilines is 1. The maximum Gasteiger partial charge on any atom is 0.433 e. The van der Waals surface area contributed by atoms with E-state index in [1.165, 1.54) is 22.3 Å². The van der Waals surface area contributed by atoms with Crippen molar-refractivity contribution >= 4 is 38.5 Å². The van der Waals surface area contributed by atoms with Crippen LogP contribution in [0.2, 0.25) is 0 Å². The van der Waals surface area contributed by atoms with Gasteiger partial charge >= 0.3 is 5.88 Å². The van der Waals surface area contributed by atoms with E-state index in [0.717, 1.165) is 27.4 Å².